The van der Waals surface area contributed by atoms with Crippen LogP contribution in [0.15, 0.2) is 46.6 Å². The van der Waals surface area contributed by atoms with Crippen molar-refractivity contribution in [3.8, 4) is 0 Å². The van der Waals surface area contributed by atoms with Gasteiger partial charge in [0, 0.05) is 0 Å². The quantitative estimate of drug-likeness (QED) is 0.523. The van der Waals surface area contributed by atoms with Gasteiger partial charge in [0.1, 0.15) is 0 Å². The second-order valence-corrected chi connectivity index (χ2v) is 5.92. The van der Waals surface area contributed by atoms with E-state index >= 15 is 0 Å². The van der Waals surface area contributed by atoms with Crippen molar-refractivity contribution >= 4 is 0 Å². The van der Waals surface area contributed by atoms with Crippen molar-refractivity contribution in [1.82, 2.24) is 0 Å². The van der Waals surface area contributed by atoms with Crippen LogP contribution in [0.2, 0.25) is 0 Å². The number of hydrogen-bond acceptors (Lipinski definition) is 0. The van der Waals surface area contributed by atoms with Crippen molar-refractivity contribution in [2.75, 3.05) is 0 Å². The van der Waals surface area contributed by atoms with Gasteiger partial charge >= 0.3 is 0 Å². The molecule has 0 radical (unpaired) electrons. The van der Waals surface area contributed by atoms with E-state index in [4.69, 9.17) is 0 Å². The third-order valence-corrected chi connectivity index (χ3v) is 5.14. The molecule has 88 valence electrons. The first-order chi connectivity index (χ1) is 8.43. The molecular weight excluding hydrogens is 204 g/mol. The van der Waals surface area contributed by atoms with Gasteiger partial charge in [-0.1, -0.05) is 29.9 Å². The van der Waals surface area contributed by atoms with Gasteiger partial charge in [0.15, 0.2) is 0 Å². The van der Waals surface area contributed by atoms with Gasteiger partial charge < -0.3 is 0 Å². The minimum Gasteiger partial charge on any atom is -0.0847 e. The first-order valence-corrected chi connectivity index (χ1v) is 7.21. The van der Waals surface area contributed by atoms with Crippen LogP contribution >= 0.6 is 0 Å². The van der Waals surface area contributed by atoms with Crippen LogP contribution in [0.5, 0.6) is 0 Å². The van der Waals surface area contributed by atoms with Gasteiger partial charge in [0.2, 0.25) is 0 Å². The summed E-state index contributed by atoms with van der Waals surface area (Å²) in [7, 11) is 0. The summed E-state index contributed by atoms with van der Waals surface area (Å²) in [6, 6.07) is 0. The zero-order valence-corrected chi connectivity index (χ0v) is 10.4. The Morgan fingerprint density at radius 2 is 1.94 bits per heavy atom. The monoisotopic (exact) mass is 224 g/mol. The molecule has 2 unspecified atom stereocenters. The molecule has 0 heterocycles. The lowest BCUT2D eigenvalue weighted by molar-refractivity contribution is 0.378. The lowest BCUT2D eigenvalue weighted by Gasteiger charge is -2.38. The van der Waals surface area contributed by atoms with E-state index in [0.29, 0.717) is 0 Å². The lowest BCUT2D eigenvalue weighted by atomic mass is 9.66. The van der Waals surface area contributed by atoms with Gasteiger partial charge in [-0.3, -0.25) is 0 Å². The van der Waals surface area contributed by atoms with Crippen molar-refractivity contribution in [1.29, 1.82) is 0 Å². The molecule has 0 aromatic heterocycles. The zero-order valence-electron chi connectivity index (χ0n) is 10.4. The summed E-state index contributed by atoms with van der Waals surface area (Å²) in [5, 5.41) is 0. The van der Waals surface area contributed by atoms with Crippen LogP contribution < -0.4 is 0 Å². The fourth-order valence-electron chi connectivity index (χ4n) is 4.37. The molecule has 17 heavy (non-hydrogen) atoms. The van der Waals surface area contributed by atoms with Crippen LogP contribution in [0.25, 0.3) is 0 Å². The molecule has 0 heteroatoms. The van der Waals surface area contributed by atoms with Gasteiger partial charge in [-0.15, -0.1) is 0 Å². The predicted molar refractivity (Wildman–Crippen MR) is 71.6 cm³/mol. The van der Waals surface area contributed by atoms with Gasteiger partial charge in [-0.25, -0.2) is 0 Å². The topological polar surface area (TPSA) is 0 Å². The third kappa shape index (κ3) is 1.43. The Balaban J connectivity index is 1.77. The van der Waals surface area contributed by atoms with Crippen molar-refractivity contribution in [3.05, 3.63) is 46.6 Å². The first kappa shape index (κ1) is 9.94. The third-order valence-electron chi connectivity index (χ3n) is 5.14. The van der Waals surface area contributed by atoms with Crippen LogP contribution in [0.1, 0.15) is 44.9 Å². The standard InChI is InChI=1S/C17H20/c1-2-6-14-12(4-1)8-10-17-15-7-3-5-13(15)9-11-16(14)17/h1,4-5,11,15,17H,2-3,6-10H2. The predicted octanol–water partition coefficient (Wildman–Crippen LogP) is 4.71. The first-order valence-electron chi connectivity index (χ1n) is 7.21. The van der Waals surface area contributed by atoms with Crippen LogP contribution in [0.3, 0.4) is 0 Å². The number of hydrogen-bond donors (Lipinski definition) is 0. The maximum Gasteiger partial charge on any atom is -0.00932 e. The minimum absolute atomic E-state index is 0.878. The van der Waals surface area contributed by atoms with Gasteiger partial charge in [0.25, 0.3) is 0 Å². The molecule has 0 aromatic carbocycles. The van der Waals surface area contributed by atoms with Crippen molar-refractivity contribution in [3.63, 3.8) is 0 Å². The molecule has 0 fully saturated rings. The summed E-state index contributed by atoms with van der Waals surface area (Å²) in [5.41, 5.74) is 6.90. The SMILES string of the molecule is C1=CC2=C(CC1)C1=CCC3=CCCC3C1CC2. The second kappa shape index (κ2) is 3.73. The summed E-state index contributed by atoms with van der Waals surface area (Å²) in [6.07, 6.45) is 19.1. The highest BCUT2D eigenvalue weighted by molar-refractivity contribution is 5.49. The molecule has 0 aromatic rings. The summed E-state index contributed by atoms with van der Waals surface area (Å²) in [6.45, 7) is 0. The maximum atomic E-state index is 2.56. The summed E-state index contributed by atoms with van der Waals surface area (Å²) in [5.74, 6) is 1.79. The number of rotatable bonds is 0. The molecule has 0 nitrogen and oxygen atoms in total. The van der Waals surface area contributed by atoms with E-state index < -0.39 is 0 Å². The van der Waals surface area contributed by atoms with Crippen LogP contribution in [0.4, 0.5) is 0 Å². The molecule has 4 aliphatic carbocycles. The minimum atomic E-state index is 0.878. The van der Waals surface area contributed by atoms with E-state index in [1.165, 1.54) is 44.9 Å². The summed E-state index contributed by atoms with van der Waals surface area (Å²) < 4.78 is 0. The fourth-order valence-corrected chi connectivity index (χ4v) is 4.37. The highest BCUT2D eigenvalue weighted by Crippen LogP contribution is 2.50. The fraction of sp³-hybridized carbons (Fsp3) is 0.529. The Morgan fingerprint density at radius 1 is 0.941 bits per heavy atom. The second-order valence-electron chi connectivity index (χ2n) is 5.92. The molecule has 0 amide bonds. The average Bonchev–Trinajstić information content (AvgIpc) is 2.86. The molecular formula is C17H20. The van der Waals surface area contributed by atoms with E-state index in [1.807, 2.05) is 0 Å². The Hall–Kier alpha value is -1.04. The molecule has 0 spiro atoms. The molecule has 4 aliphatic rings. The Labute approximate surface area is 104 Å². The Morgan fingerprint density at radius 3 is 2.94 bits per heavy atom. The van der Waals surface area contributed by atoms with E-state index in [9.17, 15) is 0 Å². The molecule has 0 saturated heterocycles. The number of fused-ring (bicyclic) bond motifs is 4. The average molecular weight is 224 g/mol. The molecule has 4 rings (SSSR count). The highest BCUT2D eigenvalue weighted by atomic mass is 14.4. The van der Waals surface area contributed by atoms with Crippen molar-refractivity contribution in [2.24, 2.45) is 11.8 Å². The molecule has 2 atom stereocenters. The molecule has 0 N–H and O–H groups in total. The van der Waals surface area contributed by atoms with Gasteiger partial charge in [-0.05, 0) is 73.5 Å². The van der Waals surface area contributed by atoms with Crippen LogP contribution in [-0.4, -0.2) is 0 Å². The maximum absolute atomic E-state index is 2.56. The van der Waals surface area contributed by atoms with E-state index in [2.05, 4.69) is 24.3 Å². The van der Waals surface area contributed by atoms with Crippen molar-refractivity contribution in [2.45, 2.75) is 44.9 Å². The summed E-state index contributed by atoms with van der Waals surface area (Å²) >= 11 is 0. The molecule has 0 aliphatic heterocycles. The largest absolute Gasteiger partial charge is 0.0847 e. The zero-order chi connectivity index (χ0) is 11.2. The van der Waals surface area contributed by atoms with E-state index in [0.717, 1.165) is 11.8 Å². The molecule has 0 saturated carbocycles. The van der Waals surface area contributed by atoms with Crippen molar-refractivity contribution < 1.29 is 0 Å². The van der Waals surface area contributed by atoms with Gasteiger partial charge in [-0.2, -0.15) is 0 Å². The normalized spacial score (nSPS) is 34.8. The van der Waals surface area contributed by atoms with E-state index in [-0.39, 0.29) is 0 Å². The molecule has 0 bridgehead atoms. The number of allylic oxidation sites excluding steroid dienone is 8. The van der Waals surface area contributed by atoms with E-state index in [1.54, 1.807) is 22.3 Å². The summed E-state index contributed by atoms with van der Waals surface area (Å²) in [4.78, 5) is 0. The van der Waals surface area contributed by atoms with Crippen LogP contribution in [0, 0.1) is 11.8 Å². The van der Waals surface area contributed by atoms with Crippen LogP contribution in [-0.2, 0) is 0 Å². The lowest BCUT2D eigenvalue weighted by Crippen LogP contribution is -2.25. The van der Waals surface area contributed by atoms with Gasteiger partial charge in [0.05, 0.1) is 0 Å². The Kier molecular flexibility index (Phi) is 2.18. The highest BCUT2D eigenvalue weighted by Gasteiger charge is 2.36. The Bertz CT molecular complexity index is 470. The smallest absolute Gasteiger partial charge is 0.00932 e.